The molecule has 0 spiro atoms. The molecule has 3 aromatic rings. The highest BCUT2D eigenvalue weighted by molar-refractivity contribution is 7.22. The molecule has 0 saturated carbocycles. The fourth-order valence-electron chi connectivity index (χ4n) is 2.75. The van der Waals surface area contributed by atoms with E-state index in [0.29, 0.717) is 16.4 Å². The molecule has 26 heavy (non-hydrogen) atoms. The van der Waals surface area contributed by atoms with E-state index < -0.39 is 0 Å². The van der Waals surface area contributed by atoms with Crippen molar-refractivity contribution in [3.8, 4) is 0 Å². The Morgan fingerprint density at radius 2 is 1.88 bits per heavy atom. The van der Waals surface area contributed by atoms with E-state index in [0.717, 1.165) is 28.7 Å². The minimum Gasteiger partial charge on any atom is -0.390 e. The van der Waals surface area contributed by atoms with Gasteiger partial charge in [-0.1, -0.05) is 60.7 Å². The van der Waals surface area contributed by atoms with Crippen LogP contribution in [0.2, 0.25) is 0 Å². The van der Waals surface area contributed by atoms with Crippen molar-refractivity contribution in [1.29, 1.82) is 0 Å². The van der Waals surface area contributed by atoms with Crippen LogP contribution >= 0.6 is 11.3 Å². The molecule has 4 rings (SSSR count). The van der Waals surface area contributed by atoms with Crippen LogP contribution in [0.25, 0.3) is 10.2 Å². The first-order chi connectivity index (χ1) is 12.8. The lowest BCUT2D eigenvalue weighted by molar-refractivity contribution is -0.114. The molecule has 2 aromatic carbocycles. The van der Waals surface area contributed by atoms with Crippen LogP contribution in [0.15, 0.2) is 71.5 Å². The van der Waals surface area contributed by atoms with E-state index in [4.69, 9.17) is 0 Å². The quantitative estimate of drug-likeness (QED) is 0.553. The third kappa shape index (κ3) is 2.99. The fourth-order valence-corrected chi connectivity index (χ4v) is 3.67. The van der Waals surface area contributed by atoms with Crippen LogP contribution in [-0.2, 0) is 4.79 Å². The van der Waals surface area contributed by atoms with E-state index >= 15 is 0 Å². The molecule has 1 aliphatic heterocycles. The van der Waals surface area contributed by atoms with Gasteiger partial charge in [0.05, 0.1) is 15.8 Å². The van der Waals surface area contributed by atoms with Gasteiger partial charge >= 0.3 is 0 Å². The first-order valence-electron chi connectivity index (χ1n) is 8.56. The number of anilines is 1. The zero-order valence-electron chi connectivity index (χ0n) is 14.3. The molecule has 0 aliphatic carbocycles. The van der Waals surface area contributed by atoms with E-state index in [1.165, 1.54) is 16.3 Å². The van der Waals surface area contributed by atoms with E-state index in [1.807, 2.05) is 54.6 Å². The fraction of sp³-hybridized carbons (Fsp3) is 0.150. The predicted octanol–water partition coefficient (Wildman–Crippen LogP) is 3.93. The van der Waals surface area contributed by atoms with E-state index in [1.54, 1.807) is 6.20 Å². The largest absolute Gasteiger partial charge is 0.390 e. The summed E-state index contributed by atoms with van der Waals surface area (Å²) >= 11 is 1.47. The molecule has 1 aliphatic rings. The van der Waals surface area contributed by atoms with Gasteiger partial charge in [0.15, 0.2) is 0 Å². The number of benzene rings is 2. The number of hydrazone groups is 1. The number of fused-ring (bicyclic) bond motifs is 1. The van der Waals surface area contributed by atoms with E-state index in [-0.39, 0.29) is 5.91 Å². The van der Waals surface area contributed by atoms with Gasteiger partial charge < -0.3 is 5.32 Å². The molecular weight excluding hydrogens is 344 g/mol. The Balaban J connectivity index is 1.76. The molecule has 1 amide bonds. The monoisotopic (exact) mass is 362 g/mol. The molecule has 0 unspecified atom stereocenters. The Kier molecular flexibility index (Phi) is 4.50. The van der Waals surface area contributed by atoms with Crippen molar-refractivity contribution in [1.82, 2.24) is 10.3 Å². The SMILES string of the molecule is CCCN/C=C1/C(=O)N(c2nc3ccccc3s2)N=C1c1ccccc1. The van der Waals surface area contributed by atoms with Crippen LogP contribution in [0.4, 0.5) is 5.13 Å². The summed E-state index contributed by atoms with van der Waals surface area (Å²) in [5, 5.41) is 9.80. The topological polar surface area (TPSA) is 57.6 Å². The van der Waals surface area contributed by atoms with Gasteiger partial charge in [0.1, 0.15) is 5.71 Å². The van der Waals surface area contributed by atoms with Gasteiger partial charge in [-0.05, 0) is 18.6 Å². The van der Waals surface area contributed by atoms with E-state index in [9.17, 15) is 4.79 Å². The second-order valence-electron chi connectivity index (χ2n) is 5.91. The minimum absolute atomic E-state index is 0.161. The van der Waals surface area contributed by atoms with Crippen LogP contribution in [0.5, 0.6) is 0 Å². The van der Waals surface area contributed by atoms with Crippen LogP contribution < -0.4 is 10.3 Å². The lowest BCUT2D eigenvalue weighted by Crippen LogP contribution is -2.23. The van der Waals surface area contributed by atoms with Crippen molar-refractivity contribution in [2.45, 2.75) is 13.3 Å². The van der Waals surface area contributed by atoms with Crippen molar-refractivity contribution in [2.75, 3.05) is 11.6 Å². The zero-order chi connectivity index (χ0) is 17.9. The molecule has 130 valence electrons. The van der Waals surface area contributed by atoms with Crippen molar-refractivity contribution in [3.05, 3.63) is 71.9 Å². The number of aromatic nitrogens is 1. The Labute approximate surface area is 155 Å². The van der Waals surface area contributed by atoms with Gasteiger partial charge in [-0.3, -0.25) is 4.79 Å². The molecular formula is C20H18N4OS. The molecule has 1 N–H and O–H groups in total. The Hall–Kier alpha value is -2.99. The van der Waals surface area contributed by atoms with Gasteiger partial charge in [0.2, 0.25) is 5.13 Å². The number of rotatable bonds is 5. The molecule has 0 atom stereocenters. The smallest absolute Gasteiger partial charge is 0.284 e. The highest BCUT2D eigenvalue weighted by Crippen LogP contribution is 2.32. The maximum atomic E-state index is 13.0. The Bertz CT molecular complexity index is 974. The van der Waals surface area contributed by atoms with E-state index in [2.05, 4.69) is 22.3 Å². The van der Waals surface area contributed by atoms with Crippen molar-refractivity contribution in [2.24, 2.45) is 5.10 Å². The highest BCUT2D eigenvalue weighted by Gasteiger charge is 2.33. The van der Waals surface area contributed by atoms with Crippen molar-refractivity contribution < 1.29 is 4.79 Å². The second kappa shape index (κ2) is 7.09. The molecule has 0 bridgehead atoms. The number of nitrogens with zero attached hydrogens (tertiary/aromatic N) is 3. The average Bonchev–Trinajstić information content (AvgIpc) is 3.24. The molecule has 0 fully saturated rings. The summed E-state index contributed by atoms with van der Waals surface area (Å²) in [6.45, 7) is 2.89. The van der Waals surface area contributed by atoms with Gasteiger partial charge in [-0.2, -0.15) is 10.1 Å². The minimum atomic E-state index is -0.161. The number of nitrogens with one attached hydrogen (secondary N) is 1. The van der Waals surface area contributed by atoms with Gasteiger partial charge in [-0.15, -0.1) is 0 Å². The Morgan fingerprint density at radius 1 is 1.12 bits per heavy atom. The average molecular weight is 362 g/mol. The lowest BCUT2D eigenvalue weighted by atomic mass is 10.0. The summed E-state index contributed by atoms with van der Waals surface area (Å²) < 4.78 is 1.04. The van der Waals surface area contributed by atoms with Crippen LogP contribution in [0, 0.1) is 0 Å². The van der Waals surface area contributed by atoms with Gasteiger partial charge in [0, 0.05) is 18.3 Å². The normalized spacial score (nSPS) is 15.7. The number of carbonyl (C=O) groups excluding carboxylic acids is 1. The number of amides is 1. The molecule has 2 heterocycles. The molecule has 0 radical (unpaired) electrons. The van der Waals surface area contributed by atoms with Gasteiger partial charge in [-0.25, -0.2) is 4.98 Å². The zero-order valence-corrected chi connectivity index (χ0v) is 15.2. The maximum Gasteiger partial charge on any atom is 0.284 e. The molecule has 1 aromatic heterocycles. The highest BCUT2D eigenvalue weighted by atomic mass is 32.1. The van der Waals surface area contributed by atoms with Crippen LogP contribution in [-0.4, -0.2) is 23.1 Å². The summed E-state index contributed by atoms with van der Waals surface area (Å²) in [7, 11) is 0. The van der Waals surface area contributed by atoms with Crippen molar-refractivity contribution >= 4 is 38.3 Å². The maximum absolute atomic E-state index is 13.0. The number of hydrogen-bond donors (Lipinski definition) is 1. The van der Waals surface area contributed by atoms with Crippen LogP contribution in [0.3, 0.4) is 0 Å². The molecule has 6 heteroatoms. The number of para-hydroxylation sites is 1. The predicted molar refractivity (Wildman–Crippen MR) is 106 cm³/mol. The van der Waals surface area contributed by atoms with Crippen molar-refractivity contribution in [3.63, 3.8) is 0 Å². The second-order valence-corrected chi connectivity index (χ2v) is 6.92. The summed E-state index contributed by atoms with van der Waals surface area (Å²) in [5.41, 5.74) is 3.01. The standard InChI is InChI=1S/C20H18N4OS/c1-2-12-21-13-15-18(14-8-4-3-5-9-14)23-24(19(15)25)20-22-16-10-6-7-11-17(16)26-20/h3-11,13,21H,2,12H2,1H3/b15-13+. The first kappa shape index (κ1) is 16.5. The summed E-state index contributed by atoms with van der Waals surface area (Å²) in [4.78, 5) is 17.6. The van der Waals surface area contributed by atoms with Crippen LogP contribution in [0.1, 0.15) is 18.9 Å². The molecule has 0 saturated heterocycles. The Morgan fingerprint density at radius 3 is 2.65 bits per heavy atom. The number of hydrogen-bond acceptors (Lipinski definition) is 5. The third-order valence-corrected chi connectivity index (χ3v) is 5.04. The summed E-state index contributed by atoms with van der Waals surface area (Å²) in [6.07, 6.45) is 2.75. The first-order valence-corrected chi connectivity index (χ1v) is 9.37. The number of thiazole rings is 1. The number of carbonyl (C=O) groups is 1. The lowest BCUT2D eigenvalue weighted by Gasteiger charge is -2.06. The van der Waals surface area contributed by atoms with Gasteiger partial charge in [0.25, 0.3) is 5.91 Å². The summed E-state index contributed by atoms with van der Waals surface area (Å²) in [5.74, 6) is -0.161. The molecule has 5 nitrogen and oxygen atoms in total. The third-order valence-electron chi connectivity index (χ3n) is 4.03. The summed E-state index contributed by atoms with van der Waals surface area (Å²) in [6, 6.07) is 17.6.